The number of aliphatic hydroxyl groups is 1. The Bertz CT molecular complexity index is 1530. The second kappa shape index (κ2) is 12.4. The summed E-state index contributed by atoms with van der Waals surface area (Å²) in [5.41, 5.74) is 1.00. The van der Waals surface area contributed by atoms with Gasteiger partial charge in [-0.3, -0.25) is 4.90 Å². The summed E-state index contributed by atoms with van der Waals surface area (Å²) in [6, 6.07) is 0.0982. The Labute approximate surface area is 251 Å². The number of hydrogen-bond acceptors (Lipinski definition) is 10. The minimum Gasteiger partial charge on any atom is -0.474 e. The molecule has 5 N–H and O–H groups in total. The first-order chi connectivity index (χ1) is 20.8. The zero-order valence-corrected chi connectivity index (χ0v) is 24.9. The molecule has 1 unspecified atom stereocenters. The van der Waals surface area contributed by atoms with Crippen LogP contribution in [0.1, 0.15) is 44.2 Å². The number of aliphatic hydroxyl groups excluding tert-OH is 1. The molecule has 240 valence electrons. The van der Waals surface area contributed by atoms with Crippen LogP contribution < -0.4 is 25.8 Å². The predicted molar refractivity (Wildman–Crippen MR) is 155 cm³/mol. The highest BCUT2D eigenvalue weighted by atomic mass is 19.4. The first kappa shape index (κ1) is 31.9. The van der Waals surface area contributed by atoms with Crippen molar-refractivity contribution < 1.29 is 36.5 Å². The summed E-state index contributed by atoms with van der Waals surface area (Å²) in [4.78, 5) is 14.9. The van der Waals surface area contributed by atoms with Gasteiger partial charge in [-0.15, -0.1) is 0 Å². The minimum absolute atomic E-state index is 0.0111. The highest BCUT2D eigenvalue weighted by molar-refractivity contribution is 5.96. The molecule has 4 atom stereocenters. The molecule has 10 nitrogen and oxygen atoms in total. The first-order valence-corrected chi connectivity index (χ1v) is 14.5. The number of nitrogen functional groups attached to an aromatic ring is 1. The van der Waals surface area contributed by atoms with Gasteiger partial charge in [0.15, 0.2) is 5.82 Å². The molecule has 5 rings (SSSR count). The number of aromatic nitrogens is 3. The summed E-state index contributed by atoms with van der Waals surface area (Å²) in [5.74, 6) is -2.57. The SMILES string of the molecule is CCC1CNc2nc(OC[C@H]3[C@@H](O)CCN3C)nc3c(F)c(-c4cc(N)c(F)c(C)c4C(F)(F)F)nc(c23)O[C@@H](C)CCN1. The highest BCUT2D eigenvalue weighted by Gasteiger charge is 2.39. The Morgan fingerprint density at radius 2 is 1.93 bits per heavy atom. The maximum Gasteiger partial charge on any atom is 0.417 e. The summed E-state index contributed by atoms with van der Waals surface area (Å²) in [6.07, 6.45) is -4.39. The van der Waals surface area contributed by atoms with Crippen LogP contribution in [0.15, 0.2) is 6.07 Å². The van der Waals surface area contributed by atoms with Crippen molar-refractivity contribution in [3.05, 3.63) is 28.8 Å². The Balaban J connectivity index is 1.75. The monoisotopic (exact) mass is 625 g/mol. The zero-order valence-electron chi connectivity index (χ0n) is 24.9. The van der Waals surface area contributed by atoms with E-state index in [1.807, 2.05) is 18.9 Å². The van der Waals surface area contributed by atoms with E-state index < -0.39 is 63.6 Å². The molecule has 0 radical (unpaired) electrons. The summed E-state index contributed by atoms with van der Waals surface area (Å²) >= 11 is 0. The van der Waals surface area contributed by atoms with Crippen LogP contribution >= 0.6 is 0 Å². The van der Waals surface area contributed by atoms with Gasteiger partial charge in [0, 0.05) is 24.7 Å². The number of rotatable bonds is 5. The Morgan fingerprint density at radius 3 is 2.59 bits per heavy atom. The number of ether oxygens (including phenoxy) is 2. The topological polar surface area (TPSA) is 131 Å². The van der Waals surface area contributed by atoms with Gasteiger partial charge in [0.2, 0.25) is 5.88 Å². The van der Waals surface area contributed by atoms with Gasteiger partial charge < -0.3 is 30.9 Å². The molecule has 15 heteroatoms. The number of nitrogens with one attached hydrogen (secondary N) is 2. The van der Waals surface area contributed by atoms with Crippen LogP contribution in [0.4, 0.5) is 33.5 Å². The average molecular weight is 626 g/mol. The fourth-order valence-electron chi connectivity index (χ4n) is 5.65. The summed E-state index contributed by atoms with van der Waals surface area (Å²) in [5, 5.41) is 17.0. The number of anilines is 2. The number of halogens is 5. The number of benzene rings is 1. The van der Waals surface area contributed by atoms with E-state index in [0.29, 0.717) is 38.5 Å². The van der Waals surface area contributed by atoms with Crippen molar-refractivity contribution in [3.8, 4) is 23.1 Å². The van der Waals surface area contributed by atoms with Gasteiger partial charge in [0.1, 0.15) is 34.8 Å². The average Bonchev–Trinajstić information content (AvgIpc) is 3.27. The third-order valence-corrected chi connectivity index (χ3v) is 8.27. The van der Waals surface area contributed by atoms with E-state index in [1.54, 1.807) is 6.92 Å². The molecule has 2 aromatic heterocycles. The maximum absolute atomic E-state index is 16.5. The van der Waals surface area contributed by atoms with Crippen LogP contribution in [0.3, 0.4) is 0 Å². The Morgan fingerprint density at radius 1 is 1.18 bits per heavy atom. The molecule has 3 aromatic rings. The summed E-state index contributed by atoms with van der Waals surface area (Å²) in [7, 11) is 1.83. The van der Waals surface area contributed by atoms with E-state index in [4.69, 9.17) is 15.2 Å². The largest absolute Gasteiger partial charge is 0.474 e. The standard InChI is InChI=1S/C29H36F5N7O3/c1-5-15-11-37-26-20-25(39-28(40-26)43-12-18-19(42)7-9-41(18)4)23(31)24(38-27(20)44-13(2)6-8-36-15)16-10-17(35)22(30)14(3)21(16)29(32,33)34/h10,13,15,18-19,36,42H,5-9,11-12,35H2,1-4H3,(H,37,39,40)/t13-,15?,18-,19-/m0/s1. The third-order valence-electron chi connectivity index (χ3n) is 8.27. The number of likely N-dealkylation sites (N-methyl/N-ethyl adjacent to an activating group) is 1. The van der Waals surface area contributed by atoms with Gasteiger partial charge in [0.05, 0.1) is 29.5 Å². The molecule has 2 aliphatic rings. The van der Waals surface area contributed by atoms with Gasteiger partial charge in [0.25, 0.3) is 0 Å². The number of nitrogens with zero attached hydrogens (tertiary/aromatic N) is 4. The van der Waals surface area contributed by atoms with Crippen molar-refractivity contribution in [2.75, 3.05) is 44.3 Å². The van der Waals surface area contributed by atoms with Crippen LogP contribution in [0.25, 0.3) is 22.2 Å². The van der Waals surface area contributed by atoms with Crippen molar-refractivity contribution in [2.45, 2.75) is 70.5 Å². The number of nitrogens with two attached hydrogens (primary N) is 1. The molecule has 44 heavy (non-hydrogen) atoms. The van der Waals surface area contributed by atoms with Crippen molar-refractivity contribution in [3.63, 3.8) is 0 Å². The van der Waals surface area contributed by atoms with Crippen LogP contribution in [0.5, 0.6) is 11.9 Å². The number of likely N-dealkylation sites (tertiary alicyclic amines) is 1. The summed E-state index contributed by atoms with van der Waals surface area (Å²) < 4.78 is 86.0. The lowest BCUT2D eigenvalue weighted by molar-refractivity contribution is -0.137. The fraction of sp³-hybridized carbons (Fsp3) is 0.552. The lowest BCUT2D eigenvalue weighted by Gasteiger charge is -2.23. The zero-order chi connectivity index (χ0) is 31.9. The predicted octanol–water partition coefficient (Wildman–Crippen LogP) is 4.27. The molecule has 0 aliphatic carbocycles. The molecule has 0 bridgehead atoms. The molecule has 1 fully saturated rings. The van der Waals surface area contributed by atoms with E-state index in [2.05, 4.69) is 25.6 Å². The van der Waals surface area contributed by atoms with Crippen molar-refractivity contribution in [1.29, 1.82) is 0 Å². The second-order valence-corrected chi connectivity index (χ2v) is 11.4. The van der Waals surface area contributed by atoms with Crippen LogP contribution in [0, 0.1) is 18.6 Å². The quantitative estimate of drug-likeness (QED) is 0.241. The van der Waals surface area contributed by atoms with E-state index in [-0.39, 0.29) is 41.8 Å². The van der Waals surface area contributed by atoms with Crippen LogP contribution in [-0.4, -0.2) is 82.5 Å². The molecule has 0 spiro atoms. The molecular formula is C29H36F5N7O3. The van der Waals surface area contributed by atoms with Gasteiger partial charge in [-0.1, -0.05) is 6.92 Å². The normalized spacial score (nSPS) is 23.2. The highest BCUT2D eigenvalue weighted by Crippen LogP contribution is 2.44. The van der Waals surface area contributed by atoms with Gasteiger partial charge in [-0.25, -0.2) is 13.8 Å². The Kier molecular flexibility index (Phi) is 9.01. The molecular weight excluding hydrogens is 589 g/mol. The second-order valence-electron chi connectivity index (χ2n) is 11.4. The van der Waals surface area contributed by atoms with Crippen LogP contribution in [-0.2, 0) is 6.18 Å². The Hall–Kier alpha value is -3.56. The fourth-order valence-corrected chi connectivity index (χ4v) is 5.65. The van der Waals surface area contributed by atoms with Crippen molar-refractivity contribution in [2.24, 2.45) is 0 Å². The van der Waals surface area contributed by atoms with E-state index in [1.165, 1.54) is 0 Å². The van der Waals surface area contributed by atoms with Gasteiger partial charge in [-0.2, -0.15) is 23.1 Å². The number of alkyl halides is 3. The third kappa shape index (κ3) is 6.17. The van der Waals surface area contributed by atoms with Gasteiger partial charge in [-0.05, 0) is 58.3 Å². The summed E-state index contributed by atoms with van der Waals surface area (Å²) in [6.45, 7) is 6.25. The molecule has 2 aliphatic heterocycles. The molecule has 1 aromatic carbocycles. The van der Waals surface area contributed by atoms with Crippen molar-refractivity contribution in [1.82, 2.24) is 25.2 Å². The lowest BCUT2D eigenvalue weighted by Crippen LogP contribution is -2.37. The molecule has 1 saturated heterocycles. The number of pyridine rings is 1. The van der Waals surface area contributed by atoms with E-state index in [9.17, 15) is 22.7 Å². The van der Waals surface area contributed by atoms with Crippen molar-refractivity contribution >= 4 is 22.4 Å². The lowest BCUT2D eigenvalue weighted by atomic mass is 9.96. The van der Waals surface area contributed by atoms with Crippen LogP contribution in [0.2, 0.25) is 0 Å². The van der Waals surface area contributed by atoms with E-state index >= 15 is 4.39 Å². The smallest absolute Gasteiger partial charge is 0.417 e. The molecule has 4 heterocycles. The molecule has 0 amide bonds. The first-order valence-electron chi connectivity index (χ1n) is 14.5. The van der Waals surface area contributed by atoms with E-state index in [0.717, 1.165) is 13.3 Å². The van der Waals surface area contributed by atoms with Gasteiger partial charge >= 0.3 is 12.2 Å². The number of hydrogen-bond donors (Lipinski definition) is 4. The minimum atomic E-state index is -5.06. The maximum atomic E-state index is 16.5. The molecule has 0 saturated carbocycles.